The Morgan fingerprint density at radius 3 is 1.52 bits per heavy atom. The zero-order chi connectivity index (χ0) is 22.1. The van der Waals surface area contributed by atoms with E-state index in [2.05, 4.69) is 8.75 Å². The molecule has 178 valence electrons. The molecular formula is C22H28Cl2N6O2S. The van der Waals surface area contributed by atoms with Gasteiger partial charge in [0.1, 0.15) is 11.0 Å². The summed E-state index contributed by atoms with van der Waals surface area (Å²) in [6.07, 6.45) is 0. The Morgan fingerprint density at radius 2 is 1.15 bits per heavy atom. The lowest BCUT2D eigenvalue weighted by Gasteiger charge is -2.08. The van der Waals surface area contributed by atoms with Crippen molar-refractivity contribution >= 4 is 69.1 Å². The van der Waals surface area contributed by atoms with Gasteiger partial charge in [0.2, 0.25) is 0 Å². The second-order valence-electron chi connectivity index (χ2n) is 8.08. The molecule has 0 aliphatic rings. The second-order valence-corrected chi connectivity index (χ2v) is 8.69. The van der Waals surface area contributed by atoms with Crippen molar-refractivity contribution in [2.75, 3.05) is 54.4 Å². The van der Waals surface area contributed by atoms with E-state index in [0.29, 0.717) is 56.4 Å². The summed E-state index contributed by atoms with van der Waals surface area (Å²) in [5.41, 5.74) is 1.07. The van der Waals surface area contributed by atoms with Crippen LogP contribution in [0.1, 0.15) is 0 Å². The smallest absolute Gasteiger partial charge is 0.196 e. The molecule has 0 aliphatic heterocycles. The fourth-order valence-corrected chi connectivity index (χ4v) is 4.33. The molecule has 0 saturated carbocycles. The largest absolute Gasteiger partial charge is 0.308 e. The number of fused-ring (bicyclic) bond motifs is 3. The number of halogens is 2. The van der Waals surface area contributed by atoms with E-state index in [0.717, 1.165) is 13.1 Å². The fourth-order valence-electron chi connectivity index (χ4n) is 3.68. The van der Waals surface area contributed by atoms with Crippen LogP contribution in [0.3, 0.4) is 0 Å². The van der Waals surface area contributed by atoms with Gasteiger partial charge in [-0.05, 0) is 28.2 Å². The van der Waals surface area contributed by atoms with E-state index >= 15 is 0 Å². The van der Waals surface area contributed by atoms with Crippen molar-refractivity contribution < 1.29 is 0 Å². The molecule has 0 bridgehead atoms. The van der Waals surface area contributed by atoms with Crippen LogP contribution in [0.4, 0.5) is 0 Å². The Kier molecular flexibility index (Phi) is 9.16. The van der Waals surface area contributed by atoms with Gasteiger partial charge in [-0.15, -0.1) is 24.8 Å². The molecule has 33 heavy (non-hydrogen) atoms. The molecule has 1 aromatic heterocycles. The van der Waals surface area contributed by atoms with E-state index in [-0.39, 0.29) is 35.7 Å². The van der Waals surface area contributed by atoms with Crippen molar-refractivity contribution in [1.29, 1.82) is 0 Å². The maximum absolute atomic E-state index is 13.6. The Morgan fingerprint density at radius 1 is 0.758 bits per heavy atom. The van der Waals surface area contributed by atoms with Gasteiger partial charge in [0.15, 0.2) is 10.9 Å². The molecule has 11 heteroatoms. The number of H-pyrrole nitrogens is 2. The zero-order valence-corrected chi connectivity index (χ0v) is 21.4. The molecule has 0 unspecified atom stereocenters. The summed E-state index contributed by atoms with van der Waals surface area (Å²) in [5.74, 6) is 0. The molecule has 3 aromatic carbocycles. The van der Waals surface area contributed by atoms with Gasteiger partial charge in [-0.3, -0.25) is 28.3 Å². The minimum Gasteiger partial charge on any atom is -0.308 e. The number of likely N-dealkylation sites (N-methyl/N-ethyl adjacent to an activating group) is 2. The molecule has 8 nitrogen and oxygen atoms in total. The van der Waals surface area contributed by atoms with E-state index in [4.69, 9.17) is 9.98 Å². The van der Waals surface area contributed by atoms with Gasteiger partial charge in [-0.1, -0.05) is 24.3 Å². The van der Waals surface area contributed by atoms with Crippen LogP contribution < -0.4 is 21.6 Å². The van der Waals surface area contributed by atoms with E-state index < -0.39 is 0 Å². The van der Waals surface area contributed by atoms with Crippen molar-refractivity contribution in [1.82, 2.24) is 18.5 Å². The Labute approximate surface area is 207 Å². The maximum atomic E-state index is 13.6. The van der Waals surface area contributed by atoms with E-state index in [1.54, 1.807) is 24.3 Å². The highest BCUT2D eigenvalue weighted by Crippen LogP contribution is 2.12. The number of nitrogens with zero attached hydrogens (tertiary/aromatic N) is 4. The van der Waals surface area contributed by atoms with Crippen LogP contribution in [0.2, 0.25) is 0 Å². The molecular weight excluding hydrogens is 483 g/mol. The van der Waals surface area contributed by atoms with Crippen LogP contribution in [-0.2, 0) is 0 Å². The third kappa shape index (κ3) is 5.12. The van der Waals surface area contributed by atoms with Crippen LogP contribution in [-0.4, -0.2) is 72.9 Å². The van der Waals surface area contributed by atoms with Crippen LogP contribution >= 0.6 is 36.5 Å². The van der Waals surface area contributed by atoms with Crippen LogP contribution in [0.5, 0.6) is 0 Å². The number of benzene rings is 3. The lowest BCUT2D eigenvalue weighted by Crippen LogP contribution is -2.29. The van der Waals surface area contributed by atoms with Crippen molar-refractivity contribution in [2.45, 2.75) is 0 Å². The summed E-state index contributed by atoms with van der Waals surface area (Å²) in [6.45, 7) is 2.49. The molecule has 0 radical (unpaired) electrons. The quantitative estimate of drug-likeness (QED) is 0.386. The van der Waals surface area contributed by atoms with Gasteiger partial charge >= 0.3 is 0 Å². The molecule has 0 saturated heterocycles. The van der Waals surface area contributed by atoms with Gasteiger partial charge in [0.05, 0.1) is 34.6 Å². The highest BCUT2D eigenvalue weighted by atomic mass is 35.5. The number of aromatic nitrogens is 2. The van der Waals surface area contributed by atoms with E-state index in [1.165, 1.54) is 11.7 Å². The van der Waals surface area contributed by atoms with Gasteiger partial charge in [0, 0.05) is 35.6 Å². The molecule has 2 N–H and O–H groups in total. The number of hydrogen-bond acceptors (Lipinski definition) is 7. The highest BCUT2D eigenvalue weighted by molar-refractivity contribution is 7.00. The first-order valence-corrected chi connectivity index (χ1v) is 11.0. The van der Waals surface area contributed by atoms with Crippen molar-refractivity contribution in [3.63, 3.8) is 0 Å². The van der Waals surface area contributed by atoms with Crippen LogP contribution in [0.15, 0.2) is 43.8 Å². The van der Waals surface area contributed by atoms with Gasteiger partial charge in [-0.2, -0.15) is 0 Å². The minimum absolute atomic E-state index is 0. The molecule has 4 aromatic rings. The summed E-state index contributed by atoms with van der Waals surface area (Å²) in [4.78, 5) is 40.7. The summed E-state index contributed by atoms with van der Waals surface area (Å²) >= 11 is 1.29. The highest BCUT2D eigenvalue weighted by Gasteiger charge is 2.18. The molecule has 0 aliphatic carbocycles. The normalized spacial score (nSPS) is 12.8. The lowest BCUT2D eigenvalue weighted by atomic mass is 10.00. The summed E-state index contributed by atoms with van der Waals surface area (Å²) in [5, 5.41) is 2.60. The first-order valence-electron chi connectivity index (χ1n) is 10.1. The monoisotopic (exact) mass is 510 g/mol. The first kappa shape index (κ1) is 26.9. The van der Waals surface area contributed by atoms with Gasteiger partial charge in [0.25, 0.3) is 0 Å². The Balaban J connectivity index is 0.00000193. The van der Waals surface area contributed by atoms with Crippen LogP contribution in [0.25, 0.3) is 32.6 Å². The predicted octanol–water partition coefficient (Wildman–Crippen LogP) is 1.79. The minimum atomic E-state index is -0.181. The maximum Gasteiger partial charge on any atom is 0.196 e. The third-order valence-electron chi connectivity index (χ3n) is 5.26. The molecule has 0 spiro atoms. The predicted molar refractivity (Wildman–Crippen MR) is 142 cm³/mol. The SMILES string of the molecule is CN(C)CCN=c1c2[nH]s[nH]c2c(=NCCN(C)C)c2c(=O)c3ccccc3c(=O)c12.Cl.Cl. The van der Waals surface area contributed by atoms with Gasteiger partial charge < -0.3 is 9.80 Å². The number of rotatable bonds is 6. The van der Waals surface area contributed by atoms with Crippen molar-refractivity contribution in [2.24, 2.45) is 9.98 Å². The molecule has 0 atom stereocenters. The second kappa shape index (κ2) is 11.2. The Hall–Kier alpha value is -2.30. The van der Waals surface area contributed by atoms with Gasteiger partial charge in [-0.25, -0.2) is 0 Å². The molecule has 1 heterocycles. The molecule has 0 amide bonds. The zero-order valence-electron chi connectivity index (χ0n) is 19.0. The van der Waals surface area contributed by atoms with E-state index in [9.17, 15) is 9.59 Å². The number of aromatic amines is 2. The average molecular weight is 511 g/mol. The summed E-state index contributed by atoms with van der Waals surface area (Å²) in [6, 6.07) is 6.98. The fraction of sp³-hybridized carbons (Fsp3) is 0.364. The lowest BCUT2D eigenvalue weighted by molar-refractivity contribution is 0.419. The van der Waals surface area contributed by atoms with Crippen molar-refractivity contribution in [3.8, 4) is 0 Å². The number of hydrogen-bond donors (Lipinski definition) is 2. The summed E-state index contributed by atoms with van der Waals surface area (Å²) in [7, 11) is 7.90. The first-order chi connectivity index (χ1) is 14.9. The summed E-state index contributed by atoms with van der Waals surface area (Å²) < 4.78 is 6.44. The molecule has 0 fully saturated rings. The topological polar surface area (TPSA) is 96.9 Å². The molecule has 4 rings (SSSR count). The average Bonchev–Trinajstić information content (AvgIpc) is 3.22. The Bertz CT molecular complexity index is 1400. The van der Waals surface area contributed by atoms with E-state index in [1.807, 2.05) is 38.0 Å². The van der Waals surface area contributed by atoms with Crippen LogP contribution in [0, 0.1) is 0 Å². The number of nitrogens with one attached hydrogen (secondary N) is 2. The van der Waals surface area contributed by atoms with Crippen molar-refractivity contribution in [3.05, 3.63) is 55.4 Å². The standard InChI is InChI=1S/C22H26N6O2S.2ClH/c1-27(2)11-9-23-17-15-16(22(30)14-8-6-5-7-13(14)21(15)29)18(24-10-12-28(3)4)20-19(17)25-31-26-20;;/h5-8,25-26H,9-12H2,1-4H3;2*1H. The third-order valence-corrected chi connectivity index (χ3v) is 5.87.